The van der Waals surface area contributed by atoms with Gasteiger partial charge in [-0.05, 0) is 59.7 Å². The molecule has 28 heavy (non-hydrogen) atoms. The number of hydrogen-bond acceptors (Lipinski definition) is 6. The number of thioether (sulfide) groups is 1. The van der Waals surface area contributed by atoms with Crippen LogP contribution >= 0.6 is 11.8 Å². The van der Waals surface area contributed by atoms with Crippen LogP contribution in [0, 0.1) is 0 Å². The van der Waals surface area contributed by atoms with E-state index >= 15 is 0 Å². The van der Waals surface area contributed by atoms with Gasteiger partial charge in [-0.3, -0.25) is 9.69 Å². The highest BCUT2D eigenvalue weighted by Gasteiger charge is 2.30. The summed E-state index contributed by atoms with van der Waals surface area (Å²) in [7, 11) is 1.70. The molecule has 2 aromatic rings. The average molecular weight is 395 g/mol. The van der Waals surface area contributed by atoms with E-state index in [1.165, 1.54) is 22.2 Å². The maximum absolute atomic E-state index is 12.5. The number of carbonyl (C=O) groups excluding carboxylic acids is 2. The molecule has 0 atom stereocenters. The zero-order chi connectivity index (χ0) is 20.1. The van der Waals surface area contributed by atoms with Crippen molar-refractivity contribution in [2.75, 3.05) is 13.7 Å². The van der Waals surface area contributed by atoms with Gasteiger partial charge in [0.25, 0.3) is 5.91 Å². The van der Waals surface area contributed by atoms with E-state index in [1.54, 1.807) is 37.4 Å². The van der Waals surface area contributed by atoms with Crippen molar-refractivity contribution < 1.29 is 19.4 Å². The third-order valence-electron chi connectivity index (χ3n) is 4.11. The van der Waals surface area contributed by atoms with E-state index in [-0.39, 0.29) is 5.91 Å². The molecule has 2 aromatic carbocycles. The lowest BCUT2D eigenvalue weighted by Gasteiger charge is -2.07. The van der Waals surface area contributed by atoms with Gasteiger partial charge in [0.15, 0.2) is 5.17 Å². The highest BCUT2D eigenvalue weighted by atomic mass is 32.2. The van der Waals surface area contributed by atoms with Crippen molar-refractivity contribution in [1.82, 2.24) is 4.90 Å². The van der Waals surface area contributed by atoms with Gasteiger partial charge >= 0.3 is 0 Å². The van der Waals surface area contributed by atoms with Gasteiger partial charge in [-0.15, -0.1) is 0 Å². The first kappa shape index (κ1) is 19.7. The van der Waals surface area contributed by atoms with Crippen molar-refractivity contribution in [3.63, 3.8) is 0 Å². The third-order valence-corrected chi connectivity index (χ3v) is 5.17. The molecule has 0 saturated carbocycles. The number of carboxylic acid groups (broad SMARTS) is 1. The van der Waals surface area contributed by atoms with Gasteiger partial charge in [-0.2, -0.15) is 0 Å². The minimum Gasteiger partial charge on any atom is -0.546 e. The Bertz CT molecular complexity index is 934. The van der Waals surface area contributed by atoms with E-state index in [2.05, 4.69) is 11.9 Å². The molecule has 1 aliphatic rings. The number of carboxylic acids is 1. The second-order valence-corrected chi connectivity index (χ2v) is 7.13. The predicted octanol–water partition coefficient (Wildman–Crippen LogP) is 2.61. The number of aryl methyl sites for hydroxylation is 1. The van der Waals surface area contributed by atoms with Crippen LogP contribution in [0.25, 0.3) is 6.08 Å². The summed E-state index contributed by atoms with van der Waals surface area (Å²) in [5.74, 6) is -0.976. The van der Waals surface area contributed by atoms with Crippen LogP contribution in [0.2, 0.25) is 0 Å². The van der Waals surface area contributed by atoms with Gasteiger partial charge in [-0.1, -0.05) is 31.2 Å². The minimum absolute atomic E-state index is 0.119. The number of carbonyl (C=O) groups is 2. The second-order valence-electron chi connectivity index (χ2n) is 6.12. The van der Waals surface area contributed by atoms with Crippen LogP contribution in [0.5, 0.6) is 5.75 Å². The van der Waals surface area contributed by atoms with Crippen LogP contribution in [0.3, 0.4) is 0 Å². The maximum Gasteiger partial charge on any atom is 0.266 e. The number of amidine groups is 1. The van der Waals surface area contributed by atoms with Gasteiger partial charge in [0.05, 0.1) is 16.6 Å². The summed E-state index contributed by atoms with van der Waals surface area (Å²) in [5, 5.41) is 11.0. The van der Waals surface area contributed by atoms with E-state index < -0.39 is 12.6 Å². The van der Waals surface area contributed by atoms with Crippen molar-refractivity contribution in [2.24, 2.45) is 4.99 Å². The molecular formula is C21H19N2O4S-. The molecule has 1 saturated heterocycles. The molecule has 1 amide bonds. The normalized spacial score (nSPS) is 16.8. The Labute approximate surface area is 167 Å². The molecule has 7 heteroatoms. The first-order chi connectivity index (χ1) is 13.5. The monoisotopic (exact) mass is 395 g/mol. The molecule has 0 aliphatic carbocycles. The molecule has 144 valence electrons. The highest BCUT2D eigenvalue weighted by molar-refractivity contribution is 8.18. The molecule has 6 nitrogen and oxygen atoms in total. The molecule has 0 aromatic heterocycles. The Morgan fingerprint density at radius 2 is 1.86 bits per heavy atom. The molecule has 0 unspecified atom stereocenters. The van der Waals surface area contributed by atoms with Crippen LogP contribution in [0.1, 0.15) is 18.1 Å². The highest BCUT2D eigenvalue weighted by Crippen LogP contribution is 2.33. The average Bonchev–Trinajstić information content (AvgIpc) is 2.96. The summed E-state index contributed by atoms with van der Waals surface area (Å²) in [6.07, 6.45) is 2.74. The number of aliphatic carboxylic acids is 1. The number of rotatable bonds is 6. The number of nitrogens with zero attached hydrogens (tertiary/aromatic N) is 2. The second kappa shape index (κ2) is 8.75. The van der Waals surface area contributed by atoms with Gasteiger partial charge in [-0.25, -0.2) is 4.99 Å². The molecule has 1 heterocycles. The zero-order valence-electron chi connectivity index (χ0n) is 15.5. The van der Waals surface area contributed by atoms with Gasteiger partial charge in [0.1, 0.15) is 12.4 Å². The Morgan fingerprint density at radius 3 is 2.46 bits per heavy atom. The third kappa shape index (κ3) is 4.80. The molecule has 0 radical (unpaired) electrons. The number of benzene rings is 2. The Morgan fingerprint density at radius 1 is 1.18 bits per heavy atom. The lowest BCUT2D eigenvalue weighted by Crippen LogP contribution is -2.28. The van der Waals surface area contributed by atoms with Crippen molar-refractivity contribution in [3.05, 3.63) is 64.6 Å². The minimum atomic E-state index is -1.28. The van der Waals surface area contributed by atoms with E-state index in [0.29, 0.717) is 15.8 Å². The Hall–Kier alpha value is -3.06. The van der Waals surface area contributed by atoms with Crippen LogP contribution in [0.4, 0.5) is 5.69 Å². The SMILES string of the molecule is CCc1ccc(N=C2S/C(=C/c3ccc(OCC(=O)[O-])cc3)C(=O)N2C)cc1. The smallest absolute Gasteiger partial charge is 0.266 e. The topological polar surface area (TPSA) is 82.0 Å². The number of likely N-dealkylation sites (N-methyl/N-ethyl adjacent to an activating group) is 1. The standard InChI is InChI=1S/C21H20N2O4S/c1-3-14-4-8-16(9-5-14)22-21-23(2)20(26)18(28-21)12-15-6-10-17(11-7-15)27-13-19(24)25/h4-12H,3,13H2,1-2H3,(H,24,25)/p-1/b18-12+,22-21?. The maximum atomic E-state index is 12.5. The summed E-state index contributed by atoms with van der Waals surface area (Å²) >= 11 is 1.32. The van der Waals surface area contributed by atoms with Crippen molar-refractivity contribution in [3.8, 4) is 5.75 Å². The molecule has 0 spiro atoms. The summed E-state index contributed by atoms with van der Waals surface area (Å²) < 4.78 is 5.05. The van der Waals surface area contributed by atoms with Crippen molar-refractivity contribution in [2.45, 2.75) is 13.3 Å². The largest absolute Gasteiger partial charge is 0.546 e. The van der Waals surface area contributed by atoms with E-state index in [0.717, 1.165) is 17.7 Å². The molecule has 1 aliphatic heterocycles. The van der Waals surface area contributed by atoms with E-state index in [9.17, 15) is 14.7 Å². The summed E-state index contributed by atoms with van der Waals surface area (Å²) in [6, 6.07) is 14.7. The number of hydrogen-bond donors (Lipinski definition) is 0. The van der Waals surface area contributed by atoms with Crippen LogP contribution in [-0.2, 0) is 16.0 Å². The molecule has 0 bridgehead atoms. The first-order valence-corrected chi connectivity index (χ1v) is 9.56. The van der Waals surface area contributed by atoms with E-state index in [4.69, 9.17) is 4.74 Å². The van der Waals surface area contributed by atoms with E-state index in [1.807, 2.05) is 24.3 Å². The van der Waals surface area contributed by atoms with Gasteiger partial charge in [0.2, 0.25) is 0 Å². The van der Waals surface area contributed by atoms with Gasteiger partial charge in [0, 0.05) is 7.05 Å². The fourth-order valence-electron chi connectivity index (χ4n) is 2.52. The molecule has 0 N–H and O–H groups in total. The molecule has 3 rings (SSSR count). The molecular weight excluding hydrogens is 376 g/mol. The lowest BCUT2D eigenvalue weighted by atomic mass is 10.2. The van der Waals surface area contributed by atoms with Gasteiger partial charge < -0.3 is 14.6 Å². The van der Waals surface area contributed by atoms with Crippen molar-refractivity contribution >= 4 is 40.6 Å². The van der Waals surface area contributed by atoms with Crippen LogP contribution < -0.4 is 9.84 Å². The van der Waals surface area contributed by atoms with Crippen LogP contribution in [0.15, 0.2) is 58.4 Å². The number of aliphatic imine (C=N–C) groups is 1. The fourth-order valence-corrected chi connectivity index (χ4v) is 3.51. The molecule has 1 fully saturated rings. The predicted molar refractivity (Wildman–Crippen MR) is 108 cm³/mol. The Balaban J connectivity index is 1.74. The Kier molecular flexibility index (Phi) is 6.16. The first-order valence-electron chi connectivity index (χ1n) is 8.74. The summed E-state index contributed by atoms with van der Waals surface area (Å²) in [6.45, 7) is 1.60. The quantitative estimate of drug-likeness (QED) is 0.702. The zero-order valence-corrected chi connectivity index (χ0v) is 16.4. The summed E-state index contributed by atoms with van der Waals surface area (Å²) in [5.41, 5.74) is 2.84. The number of amides is 1. The summed E-state index contributed by atoms with van der Waals surface area (Å²) in [4.78, 5) is 29.6. The lowest BCUT2D eigenvalue weighted by molar-refractivity contribution is -0.307. The number of ether oxygens (including phenoxy) is 1. The van der Waals surface area contributed by atoms with Crippen LogP contribution in [-0.4, -0.2) is 35.6 Å². The fraction of sp³-hybridized carbons (Fsp3) is 0.190. The van der Waals surface area contributed by atoms with Crippen molar-refractivity contribution in [1.29, 1.82) is 0 Å².